The number of benzene rings is 1. The van der Waals surface area contributed by atoms with E-state index in [1.165, 1.54) is 7.11 Å². The smallest absolute Gasteiger partial charge is 0.348 e. The van der Waals surface area contributed by atoms with Crippen LogP contribution in [0.5, 0.6) is 0 Å². The molecule has 1 amide bonds. The van der Waals surface area contributed by atoms with Crippen molar-refractivity contribution in [1.29, 1.82) is 0 Å². The molecule has 10 heteroatoms. The van der Waals surface area contributed by atoms with Crippen LogP contribution in [0.25, 0.3) is 11.0 Å². The number of fused-ring (bicyclic) bond motifs is 1. The summed E-state index contributed by atoms with van der Waals surface area (Å²) in [6.45, 7) is 3.45. The van der Waals surface area contributed by atoms with Gasteiger partial charge >= 0.3 is 11.9 Å². The highest BCUT2D eigenvalue weighted by Gasteiger charge is 2.27. The molecule has 0 fully saturated rings. The maximum atomic E-state index is 12.7. The first-order valence-electron chi connectivity index (χ1n) is 7.88. The van der Waals surface area contributed by atoms with Crippen molar-refractivity contribution in [1.82, 2.24) is 8.75 Å². The summed E-state index contributed by atoms with van der Waals surface area (Å²) in [7, 11) is 1.25. The quantitative estimate of drug-likeness (QED) is 0.649. The zero-order chi connectivity index (χ0) is 19.6. The van der Waals surface area contributed by atoms with Gasteiger partial charge < -0.3 is 14.8 Å². The van der Waals surface area contributed by atoms with Gasteiger partial charge in [0.2, 0.25) is 0 Å². The minimum atomic E-state index is -0.615. The van der Waals surface area contributed by atoms with Crippen molar-refractivity contribution in [2.75, 3.05) is 19.0 Å². The Balaban J connectivity index is 1.97. The fourth-order valence-corrected chi connectivity index (χ4v) is 4.06. The molecule has 2 heterocycles. The molecule has 0 aliphatic carbocycles. The Bertz CT molecular complexity index is 1040. The number of carbonyl (C=O) groups excluding carboxylic acids is 3. The van der Waals surface area contributed by atoms with Gasteiger partial charge in [-0.15, -0.1) is 11.3 Å². The molecule has 0 aliphatic rings. The van der Waals surface area contributed by atoms with Crippen molar-refractivity contribution in [3.05, 3.63) is 39.8 Å². The molecule has 27 heavy (non-hydrogen) atoms. The molecule has 0 aliphatic heterocycles. The lowest BCUT2D eigenvalue weighted by atomic mass is 10.1. The molecule has 2 aromatic heterocycles. The van der Waals surface area contributed by atoms with E-state index in [0.717, 1.165) is 23.1 Å². The predicted molar refractivity (Wildman–Crippen MR) is 102 cm³/mol. The summed E-state index contributed by atoms with van der Waals surface area (Å²) < 4.78 is 18.0. The van der Waals surface area contributed by atoms with E-state index in [1.807, 2.05) is 0 Å². The number of methoxy groups -OCH3 is 1. The van der Waals surface area contributed by atoms with Gasteiger partial charge in [0.1, 0.15) is 20.9 Å². The Morgan fingerprint density at radius 1 is 1.15 bits per heavy atom. The molecule has 0 radical (unpaired) electrons. The van der Waals surface area contributed by atoms with E-state index in [-0.39, 0.29) is 22.0 Å². The van der Waals surface area contributed by atoms with Gasteiger partial charge in [-0.25, -0.2) is 9.59 Å². The number of thiophene rings is 1. The number of anilines is 1. The molecule has 0 atom stereocenters. The van der Waals surface area contributed by atoms with Crippen LogP contribution < -0.4 is 5.32 Å². The van der Waals surface area contributed by atoms with Crippen molar-refractivity contribution in [2.45, 2.75) is 13.8 Å². The number of carbonyl (C=O) groups is 3. The molecule has 0 spiro atoms. The standard InChI is InChI=1S/C17H15N3O5S2/c1-4-25-16(22)12-8(2)13(17(23)24-3)26-15(12)18-14(21)9-5-6-10-11(7-9)20-27-19-10/h5-7H,4H2,1-3H3,(H,18,21). The summed E-state index contributed by atoms with van der Waals surface area (Å²) in [6, 6.07) is 4.92. The normalized spacial score (nSPS) is 10.6. The molecular weight excluding hydrogens is 390 g/mol. The Labute approximate surface area is 162 Å². The maximum absolute atomic E-state index is 12.7. The number of nitrogens with one attached hydrogen (secondary N) is 1. The second-order valence-corrected chi connectivity index (χ2v) is 6.94. The molecule has 3 aromatic rings. The Hall–Kier alpha value is -2.85. The summed E-state index contributed by atoms with van der Waals surface area (Å²) >= 11 is 2.03. The lowest BCUT2D eigenvalue weighted by molar-refractivity contribution is 0.0527. The third kappa shape index (κ3) is 3.67. The van der Waals surface area contributed by atoms with Crippen LogP contribution in [-0.4, -0.2) is 40.3 Å². The van der Waals surface area contributed by atoms with Crippen LogP contribution in [0.3, 0.4) is 0 Å². The average Bonchev–Trinajstić information content (AvgIpc) is 3.24. The van der Waals surface area contributed by atoms with Gasteiger partial charge in [-0.2, -0.15) is 8.75 Å². The fourth-order valence-electron chi connectivity index (χ4n) is 2.44. The number of aromatic nitrogens is 2. The number of amides is 1. The van der Waals surface area contributed by atoms with Crippen molar-refractivity contribution in [2.24, 2.45) is 0 Å². The van der Waals surface area contributed by atoms with Gasteiger partial charge in [-0.1, -0.05) is 0 Å². The molecule has 0 saturated carbocycles. The van der Waals surface area contributed by atoms with Gasteiger partial charge in [0.15, 0.2) is 0 Å². The minimum Gasteiger partial charge on any atom is -0.465 e. The molecule has 140 valence electrons. The minimum absolute atomic E-state index is 0.145. The van der Waals surface area contributed by atoms with Crippen molar-refractivity contribution in [3.63, 3.8) is 0 Å². The molecule has 0 bridgehead atoms. The zero-order valence-corrected chi connectivity index (χ0v) is 16.3. The Morgan fingerprint density at radius 2 is 1.89 bits per heavy atom. The van der Waals surface area contributed by atoms with Crippen LogP contribution in [0, 0.1) is 6.92 Å². The first-order chi connectivity index (χ1) is 13.0. The van der Waals surface area contributed by atoms with E-state index in [9.17, 15) is 14.4 Å². The first kappa shape index (κ1) is 18.9. The van der Waals surface area contributed by atoms with E-state index in [4.69, 9.17) is 9.47 Å². The van der Waals surface area contributed by atoms with E-state index in [2.05, 4.69) is 14.1 Å². The second-order valence-electron chi connectivity index (χ2n) is 5.39. The van der Waals surface area contributed by atoms with Crippen molar-refractivity contribution >= 4 is 56.9 Å². The lowest BCUT2D eigenvalue weighted by Crippen LogP contribution is -2.15. The summed E-state index contributed by atoms with van der Waals surface area (Å²) in [4.78, 5) is 37.2. The Morgan fingerprint density at radius 3 is 2.59 bits per heavy atom. The Kier molecular flexibility index (Phi) is 5.47. The van der Waals surface area contributed by atoms with Crippen molar-refractivity contribution in [3.8, 4) is 0 Å². The largest absolute Gasteiger partial charge is 0.465 e. The van der Waals surface area contributed by atoms with E-state index in [1.54, 1.807) is 32.0 Å². The van der Waals surface area contributed by atoms with Gasteiger partial charge in [-0.05, 0) is 37.6 Å². The first-order valence-corrected chi connectivity index (χ1v) is 9.43. The SMILES string of the molecule is CCOC(=O)c1c(NC(=O)c2ccc3nsnc3c2)sc(C(=O)OC)c1C. The predicted octanol–water partition coefficient (Wildman–Crippen LogP) is 3.28. The van der Waals surface area contributed by atoms with Gasteiger partial charge in [0.25, 0.3) is 5.91 Å². The topological polar surface area (TPSA) is 107 Å². The molecular formula is C17H15N3O5S2. The molecule has 1 N–H and O–H groups in total. The van der Waals surface area contributed by atoms with Crippen LogP contribution in [0.15, 0.2) is 18.2 Å². The number of esters is 2. The molecule has 0 unspecified atom stereocenters. The number of hydrogen-bond donors (Lipinski definition) is 1. The van der Waals surface area contributed by atoms with Crippen molar-refractivity contribution < 1.29 is 23.9 Å². The summed E-state index contributed by atoms with van der Waals surface area (Å²) in [5, 5.41) is 2.92. The van der Waals surface area contributed by atoms with E-state index >= 15 is 0 Å². The monoisotopic (exact) mass is 405 g/mol. The summed E-state index contributed by atoms with van der Waals surface area (Å²) in [5.41, 5.74) is 2.21. The highest BCUT2D eigenvalue weighted by molar-refractivity contribution is 7.18. The molecule has 3 rings (SSSR count). The van der Waals surface area contributed by atoms with Crippen LogP contribution in [0.1, 0.15) is 42.9 Å². The van der Waals surface area contributed by atoms with Gasteiger partial charge in [0, 0.05) is 5.56 Å². The van der Waals surface area contributed by atoms with E-state index < -0.39 is 17.8 Å². The number of nitrogens with zero attached hydrogens (tertiary/aromatic N) is 2. The van der Waals surface area contributed by atoms with Gasteiger partial charge in [-0.3, -0.25) is 4.79 Å². The highest BCUT2D eigenvalue weighted by atomic mass is 32.1. The zero-order valence-electron chi connectivity index (χ0n) is 14.7. The summed E-state index contributed by atoms with van der Waals surface area (Å²) in [5.74, 6) is -1.64. The van der Waals surface area contributed by atoms with Crippen LogP contribution in [0.4, 0.5) is 5.00 Å². The third-order valence-corrected chi connectivity index (χ3v) is 5.48. The molecule has 1 aromatic carbocycles. The van der Waals surface area contributed by atoms with Crippen LogP contribution in [-0.2, 0) is 9.47 Å². The average molecular weight is 405 g/mol. The number of ether oxygens (including phenoxy) is 2. The van der Waals surface area contributed by atoms with Crippen LogP contribution in [0.2, 0.25) is 0 Å². The fraction of sp³-hybridized carbons (Fsp3) is 0.235. The summed E-state index contributed by atoms with van der Waals surface area (Å²) in [6.07, 6.45) is 0. The third-order valence-electron chi connectivity index (χ3n) is 3.74. The highest BCUT2D eigenvalue weighted by Crippen LogP contribution is 2.34. The maximum Gasteiger partial charge on any atom is 0.348 e. The van der Waals surface area contributed by atoms with E-state index in [0.29, 0.717) is 22.2 Å². The lowest BCUT2D eigenvalue weighted by Gasteiger charge is -2.07. The second kappa shape index (κ2) is 7.80. The molecule has 0 saturated heterocycles. The van der Waals surface area contributed by atoms with Gasteiger partial charge in [0.05, 0.1) is 31.0 Å². The molecule has 8 nitrogen and oxygen atoms in total. The van der Waals surface area contributed by atoms with Crippen LogP contribution >= 0.6 is 23.1 Å². The number of hydrogen-bond acceptors (Lipinski definition) is 9. The number of rotatable bonds is 5.